The first-order chi connectivity index (χ1) is 8.09. The number of esters is 1. The lowest BCUT2D eigenvalue weighted by atomic mass is 9.94. The highest BCUT2D eigenvalue weighted by molar-refractivity contribution is 5.84. The molecule has 1 fully saturated rings. The molecule has 17 heavy (non-hydrogen) atoms. The third-order valence-corrected chi connectivity index (χ3v) is 3.00. The Morgan fingerprint density at radius 1 is 1.29 bits per heavy atom. The van der Waals surface area contributed by atoms with Crippen molar-refractivity contribution in [2.45, 2.75) is 51.9 Å². The molecule has 1 saturated heterocycles. The molecule has 3 heteroatoms. The van der Waals surface area contributed by atoms with Gasteiger partial charge in [-0.15, -0.1) is 6.58 Å². The van der Waals surface area contributed by atoms with Crippen molar-refractivity contribution < 1.29 is 14.3 Å². The maximum Gasteiger partial charge on any atom is 0.309 e. The number of allylic oxidation sites excluding steroid dienone is 1. The molecule has 3 nitrogen and oxygen atoms in total. The standard InChI is InChI=1S/C14H22O3/c1-11(2)9-12-10-13(15)7-5-3-4-6-8-17-14(12)16/h12H,1,3-10H2,2H3. The number of ether oxygens (including phenoxy) is 1. The minimum atomic E-state index is -0.321. The van der Waals surface area contributed by atoms with Crippen LogP contribution in [0.25, 0.3) is 0 Å². The summed E-state index contributed by atoms with van der Waals surface area (Å²) in [5.74, 6) is -0.378. The van der Waals surface area contributed by atoms with E-state index in [1.54, 1.807) is 0 Å². The SMILES string of the molecule is C=C(C)CC1CC(=O)CCCCCCOC1=O. The van der Waals surface area contributed by atoms with E-state index in [4.69, 9.17) is 4.74 Å². The molecule has 0 spiro atoms. The molecule has 96 valence electrons. The maximum absolute atomic E-state index is 11.8. The molecule has 0 amide bonds. The molecule has 0 bridgehead atoms. The summed E-state index contributed by atoms with van der Waals surface area (Å²) in [7, 11) is 0. The molecular weight excluding hydrogens is 216 g/mol. The first-order valence-electron chi connectivity index (χ1n) is 6.42. The van der Waals surface area contributed by atoms with E-state index >= 15 is 0 Å². The number of Topliss-reactive ketones (excluding diaryl/α,β-unsaturated/α-hetero) is 1. The Bertz CT molecular complexity index is 294. The monoisotopic (exact) mass is 238 g/mol. The molecule has 0 aromatic rings. The van der Waals surface area contributed by atoms with Gasteiger partial charge in [-0.25, -0.2) is 0 Å². The van der Waals surface area contributed by atoms with Gasteiger partial charge in [0.2, 0.25) is 0 Å². The highest BCUT2D eigenvalue weighted by atomic mass is 16.5. The van der Waals surface area contributed by atoms with Crippen LogP contribution in [0.2, 0.25) is 0 Å². The lowest BCUT2D eigenvalue weighted by Crippen LogP contribution is -2.21. The third kappa shape index (κ3) is 5.66. The van der Waals surface area contributed by atoms with E-state index in [1.165, 1.54) is 0 Å². The average Bonchev–Trinajstić information content (AvgIpc) is 2.27. The van der Waals surface area contributed by atoms with Gasteiger partial charge in [0.05, 0.1) is 12.5 Å². The lowest BCUT2D eigenvalue weighted by molar-refractivity contribution is -0.150. The van der Waals surface area contributed by atoms with Crippen molar-refractivity contribution >= 4 is 11.8 Å². The molecule has 0 aliphatic carbocycles. The van der Waals surface area contributed by atoms with Crippen LogP contribution in [0, 0.1) is 5.92 Å². The normalized spacial score (nSPS) is 23.7. The maximum atomic E-state index is 11.8. The number of cyclic esters (lactones) is 1. The minimum absolute atomic E-state index is 0.176. The van der Waals surface area contributed by atoms with Crippen LogP contribution in [-0.4, -0.2) is 18.4 Å². The Hall–Kier alpha value is -1.12. The number of ketones is 1. The summed E-state index contributed by atoms with van der Waals surface area (Å²) in [5.41, 5.74) is 0.926. The van der Waals surface area contributed by atoms with E-state index in [9.17, 15) is 9.59 Å². The van der Waals surface area contributed by atoms with Crippen molar-refractivity contribution in [1.82, 2.24) is 0 Å². The van der Waals surface area contributed by atoms with E-state index < -0.39 is 0 Å². The topological polar surface area (TPSA) is 43.4 Å². The van der Waals surface area contributed by atoms with Gasteiger partial charge >= 0.3 is 5.97 Å². The summed E-state index contributed by atoms with van der Waals surface area (Å²) in [6.07, 6.45) is 5.39. The van der Waals surface area contributed by atoms with E-state index in [0.717, 1.165) is 31.3 Å². The lowest BCUT2D eigenvalue weighted by Gasteiger charge is -2.14. The Balaban J connectivity index is 2.62. The highest BCUT2D eigenvalue weighted by Gasteiger charge is 2.23. The van der Waals surface area contributed by atoms with Gasteiger partial charge in [-0.1, -0.05) is 18.4 Å². The molecule has 1 rings (SSSR count). The van der Waals surface area contributed by atoms with E-state index in [1.807, 2.05) is 6.92 Å². The quantitative estimate of drug-likeness (QED) is 0.548. The number of carbonyl (C=O) groups excluding carboxylic acids is 2. The van der Waals surface area contributed by atoms with Crippen LogP contribution < -0.4 is 0 Å². The molecule has 0 aromatic heterocycles. The van der Waals surface area contributed by atoms with Crippen LogP contribution in [-0.2, 0) is 14.3 Å². The highest BCUT2D eigenvalue weighted by Crippen LogP contribution is 2.19. The zero-order valence-electron chi connectivity index (χ0n) is 10.7. The van der Waals surface area contributed by atoms with Crippen molar-refractivity contribution in [2.24, 2.45) is 5.92 Å². The molecule has 1 aliphatic heterocycles. The fourth-order valence-electron chi connectivity index (χ4n) is 2.10. The fraction of sp³-hybridized carbons (Fsp3) is 0.714. The van der Waals surface area contributed by atoms with Gasteiger partial charge in [-0.2, -0.15) is 0 Å². The van der Waals surface area contributed by atoms with Crippen molar-refractivity contribution in [3.05, 3.63) is 12.2 Å². The summed E-state index contributed by atoms with van der Waals surface area (Å²) in [4.78, 5) is 23.5. The predicted octanol–water partition coefficient (Wildman–Crippen LogP) is 3.04. The van der Waals surface area contributed by atoms with Crippen LogP contribution in [0.4, 0.5) is 0 Å². The Morgan fingerprint density at radius 2 is 2.00 bits per heavy atom. The van der Waals surface area contributed by atoms with Gasteiger partial charge in [-0.05, 0) is 26.2 Å². The molecule has 1 unspecified atom stereocenters. The number of hydrogen-bond donors (Lipinski definition) is 0. The fourth-order valence-corrected chi connectivity index (χ4v) is 2.10. The predicted molar refractivity (Wildman–Crippen MR) is 66.6 cm³/mol. The summed E-state index contributed by atoms with van der Waals surface area (Å²) in [5, 5.41) is 0. The van der Waals surface area contributed by atoms with Gasteiger partial charge < -0.3 is 4.74 Å². The first kappa shape index (κ1) is 13.9. The summed E-state index contributed by atoms with van der Waals surface area (Å²) in [6, 6.07) is 0. The zero-order valence-corrected chi connectivity index (χ0v) is 10.7. The van der Waals surface area contributed by atoms with Crippen LogP contribution in [0.15, 0.2) is 12.2 Å². The molecule has 0 N–H and O–H groups in total. The minimum Gasteiger partial charge on any atom is -0.465 e. The summed E-state index contributed by atoms with van der Waals surface area (Å²) in [6.45, 7) is 6.17. The second-order valence-electron chi connectivity index (χ2n) is 4.93. The summed E-state index contributed by atoms with van der Waals surface area (Å²) < 4.78 is 5.20. The van der Waals surface area contributed by atoms with Crippen molar-refractivity contribution in [3.8, 4) is 0 Å². The summed E-state index contributed by atoms with van der Waals surface area (Å²) >= 11 is 0. The van der Waals surface area contributed by atoms with Crippen molar-refractivity contribution in [1.29, 1.82) is 0 Å². The first-order valence-corrected chi connectivity index (χ1v) is 6.42. The average molecular weight is 238 g/mol. The molecule has 0 aromatic carbocycles. The van der Waals surface area contributed by atoms with Crippen LogP contribution in [0.1, 0.15) is 51.9 Å². The molecule has 1 aliphatic rings. The van der Waals surface area contributed by atoms with Gasteiger partial charge in [0.15, 0.2) is 0 Å². The van der Waals surface area contributed by atoms with Crippen molar-refractivity contribution in [3.63, 3.8) is 0 Å². The Morgan fingerprint density at radius 3 is 2.71 bits per heavy atom. The molecule has 0 radical (unpaired) electrons. The van der Waals surface area contributed by atoms with Crippen LogP contribution in [0.5, 0.6) is 0 Å². The van der Waals surface area contributed by atoms with Crippen LogP contribution >= 0.6 is 0 Å². The molecular formula is C14H22O3. The molecule has 1 atom stereocenters. The number of hydrogen-bond acceptors (Lipinski definition) is 3. The van der Waals surface area contributed by atoms with E-state index in [-0.39, 0.29) is 17.7 Å². The second-order valence-corrected chi connectivity index (χ2v) is 4.93. The van der Waals surface area contributed by atoms with Gasteiger partial charge in [0, 0.05) is 12.8 Å². The molecule has 1 heterocycles. The second kappa shape index (κ2) is 7.25. The van der Waals surface area contributed by atoms with E-state index in [2.05, 4.69) is 6.58 Å². The third-order valence-electron chi connectivity index (χ3n) is 3.00. The Labute approximate surface area is 103 Å². The van der Waals surface area contributed by atoms with Gasteiger partial charge in [0.1, 0.15) is 5.78 Å². The number of rotatable bonds is 2. The van der Waals surface area contributed by atoms with Gasteiger partial charge in [-0.3, -0.25) is 9.59 Å². The largest absolute Gasteiger partial charge is 0.465 e. The Kier molecular flexibility index (Phi) is 5.95. The number of carbonyl (C=O) groups is 2. The van der Waals surface area contributed by atoms with Gasteiger partial charge in [0.25, 0.3) is 0 Å². The van der Waals surface area contributed by atoms with Crippen molar-refractivity contribution in [2.75, 3.05) is 6.61 Å². The zero-order chi connectivity index (χ0) is 12.7. The van der Waals surface area contributed by atoms with Crippen LogP contribution in [0.3, 0.4) is 0 Å². The van der Waals surface area contributed by atoms with E-state index in [0.29, 0.717) is 25.9 Å². The smallest absolute Gasteiger partial charge is 0.309 e. The molecule has 0 saturated carbocycles.